The summed E-state index contributed by atoms with van der Waals surface area (Å²) < 4.78 is 1.93. The largest absolute Gasteiger partial charge is 0.355 e. The van der Waals surface area contributed by atoms with Crippen molar-refractivity contribution in [2.75, 3.05) is 18.2 Å². The number of aryl methyl sites for hydroxylation is 1. The van der Waals surface area contributed by atoms with E-state index < -0.39 is 0 Å². The number of aromatic nitrogens is 3. The van der Waals surface area contributed by atoms with Crippen LogP contribution in [0.15, 0.2) is 59.5 Å². The predicted molar refractivity (Wildman–Crippen MR) is 106 cm³/mol. The molecule has 0 bridgehead atoms. The number of thioether (sulfide) groups is 1. The first-order chi connectivity index (χ1) is 12.2. The van der Waals surface area contributed by atoms with Gasteiger partial charge in [0.05, 0.1) is 11.2 Å². The van der Waals surface area contributed by atoms with Crippen molar-refractivity contribution in [2.24, 2.45) is 0 Å². The number of benzene rings is 2. The molecule has 5 heteroatoms. The van der Waals surface area contributed by atoms with Gasteiger partial charge in [-0.05, 0) is 43.0 Å². The topological polar surface area (TPSA) is 33.4 Å². The molecule has 0 aliphatic rings. The molecular weight excluding hydrogens is 328 g/mol. The van der Waals surface area contributed by atoms with Crippen LogP contribution in [0.3, 0.4) is 0 Å². The molecule has 0 unspecified atom stereocenters. The van der Waals surface area contributed by atoms with Crippen molar-refractivity contribution in [3.8, 4) is 0 Å². The summed E-state index contributed by atoms with van der Waals surface area (Å²) in [5.41, 5.74) is 4.22. The Morgan fingerprint density at radius 2 is 1.84 bits per heavy atom. The summed E-state index contributed by atoms with van der Waals surface area (Å²) in [6, 6.07) is 19.0. The molecule has 0 amide bonds. The molecule has 2 heterocycles. The van der Waals surface area contributed by atoms with E-state index in [2.05, 4.69) is 65.8 Å². The molecule has 0 spiro atoms. The lowest BCUT2D eigenvalue weighted by Crippen LogP contribution is -2.18. The molecular formula is C20H20N4S. The number of fused-ring (bicyclic) bond motifs is 3. The molecule has 0 atom stereocenters. The van der Waals surface area contributed by atoms with Gasteiger partial charge in [0.2, 0.25) is 0 Å². The van der Waals surface area contributed by atoms with Gasteiger partial charge in [-0.2, -0.15) is 5.10 Å². The Labute approximate surface area is 151 Å². The highest BCUT2D eigenvalue weighted by Crippen LogP contribution is 2.27. The number of hydrogen-bond donors (Lipinski definition) is 0. The van der Waals surface area contributed by atoms with Crippen molar-refractivity contribution in [3.05, 3.63) is 65.9 Å². The summed E-state index contributed by atoms with van der Waals surface area (Å²) in [5, 5.41) is 5.69. The monoisotopic (exact) mass is 348 g/mol. The minimum absolute atomic E-state index is 0.814. The Morgan fingerprint density at radius 1 is 1.08 bits per heavy atom. The molecule has 4 rings (SSSR count). The molecule has 25 heavy (non-hydrogen) atoms. The van der Waals surface area contributed by atoms with Gasteiger partial charge >= 0.3 is 0 Å². The zero-order valence-corrected chi connectivity index (χ0v) is 15.4. The Balaban J connectivity index is 1.78. The van der Waals surface area contributed by atoms with Gasteiger partial charge in [-0.3, -0.25) is 0 Å². The first-order valence-corrected chi connectivity index (χ1v) is 9.47. The number of nitrogens with zero attached hydrogens (tertiary/aromatic N) is 4. The van der Waals surface area contributed by atoms with Crippen molar-refractivity contribution in [1.29, 1.82) is 0 Å². The maximum Gasteiger partial charge on any atom is 0.158 e. The smallest absolute Gasteiger partial charge is 0.158 e. The third kappa shape index (κ3) is 2.96. The highest BCUT2D eigenvalue weighted by Gasteiger charge is 2.13. The molecule has 0 aliphatic heterocycles. The fourth-order valence-electron chi connectivity index (χ4n) is 3.13. The Bertz CT molecular complexity index is 1040. The summed E-state index contributed by atoms with van der Waals surface area (Å²) >= 11 is 1.76. The molecule has 0 saturated carbocycles. The van der Waals surface area contributed by atoms with Crippen molar-refractivity contribution in [3.63, 3.8) is 0 Å². The minimum atomic E-state index is 0.814. The molecule has 4 nitrogen and oxygen atoms in total. The van der Waals surface area contributed by atoms with Crippen molar-refractivity contribution >= 4 is 34.1 Å². The Hall–Kier alpha value is -2.53. The minimum Gasteiger partial charge on any atom is -0.355 e. The number of para-hydroxylation sites is 1. The zero-order chi connectivity index (χ0) is 17.4. The quantitative estimate of drug-likeness (QED) is 0.507. The molecule has 2 aromatic carbocycles. The molecule has 0 N–H and O–H groups in total. The second-order valence-corrected chi connectivity index (χ2v) is 7.09. The lowest BCUT2D eigenvalue weighted by atomic mass is 10.2. The number of hydrogen-bond acceptors (Lipinski definition) is 4. The lowest BCUT2D eigenvalue weighted by Gasteiger charge is -2.20. The van der Waals surface area contributed by atoms with E-state index in [0.717, 1.165) is 34.6 Å². The highest BCUT2D eigenvalue weighted by molar-refractivity contribution is 7.98. The third-order valence-electron chi connectivity index (χ3n) is 4.35. The summed E-state index contributed by atoms with van der Waals surface area (Å²) in [4.78, 5) is 8.37. The van der Waals surface area contributed by atoms with Gasteiger partial charge in [0.1, 0.15) is 5.82 Å². The van der Waals surface area contributed by atoms with E-state index in [1.54, 1.807) is 11.8 Å². The van der Waals surface area contributed by atoms with Crippen molar-refractivity contribution in [1.82, 2.24) is 14.6 Å². The molecule has 126 valence electrons. The average molecular weight is 348 g/mol. The fourth-order valence-corrected chi connectivity index (χ4v) is 3.54. The second kappa shape index (κ2) is 6.41. The van der Waals surface area contributed by atoms with Gasteiger partial charge in [-0.15, -0.1) is 11.8 Å². The van der Waals surface area contributed by atoms with E-state index in [1.165, 1.54) is 10.5 Å². The van der Waals surface area contributed by atoms with Crippen LogP contribution < -0.4 is 4.90 Å². The van der Waals surface area contributed by atoms with Gasteiger partial charge in [-0.25, -0.2) is 9.50 Å². The molecule has 0 saturated heterocycles. The van der Waals surface area contributed by atoms with Gasteiger partial charge < -0.3 is 4.90 Å². The van der Waals surface area contributed by atoms with Crippen LogP contribution in [0.1, 0.15) is 11.3 Å². The maximum absolute atomic E-state index is 4.88. The predicted octanol–water partition coefficient (Wildman–Crippen LogP) is 4.55. The van der Waals surface area contributed by atoms with Crippen molar-refractivity contribution in [2.45, 2.75) is 18.4 Å². The molecule has 0 radical (unpaired) electrons. The highest BCUT2D eigenvalue weighted by atomic mass is 32.2. The molecule has 4 aromatic rings. The van der Waals surface area contributed by atoms with E-state index in [9.17, 15) is 0 Å². The molecule has 2 aromatic heterocycles. The molecule has 0 fully saturated rings. The van der Waals surface area contributed by atoms with Gasteiger partial charge in [-0.1, -0.05) is 24.3 Å². The fraction of sp³-hybridized carbons (Fsp3) is 0.200. The lowest BCUT2D eigenvalue weighted by molar-refractivity contribution is 0.892. The van der Waals surface area contributed by atoms with Crippen LogP contribution >= 0.6 is 11.8 Å². The average Bonchev–Trinajstić information content (AvgIpc) is 3.02. The van der Waals surface area contributed by atoms with Crippen LogP contribution in [-0.2, 0) is 6.54 Å². The van der Waals surface area contributed by atoms with Crippen LogP contribution in [-0.4, -0.2) is 27.9 Å². The van der Waals surface area contributed by atoms with Gasteiger partial charge in [0.15, 0.2) is 5.65 Å². The van der Waals surface area contributed by atoms with Gasteiger partial charge in [0, 0.05) is 29.9 Å². The summed E-state index contributed by atoms with van der Waals surface area (Å²) in [6.07, 6.45) is 2.10. The normalized spacial score (nSPS) is 11.3. The summed E-state index contributed by atoms with van der Waals surface area (Å²) in [5.74, 6) is 0.983. The van der Waals surface area contributed by atoms with E-state index in [1.807, 2.05) is 23.6 Å². The first-order valence-electron chi connectivity index (χ1n) is 8.25. The van der Waals surface area contributed by atoms with E-state index in [4.69, 9.17) is 4.98 Å². The standard InChI is InChI=1S/C20H20N4S/c1-14-12-19-21-20(17-6-4-5-7-18(17)24(19)22-14)23(2)13-15-8-10-16(25-3)11-9-15/h4-12H,13H2,1-3H3. The van der Waals surface area contributed by atoms with E-state index >= 15 is 0 Å². The number of rotatable bonds is 4. The number of anilines is 1. The first kappa shape index (κ1) is 16.0. The van der Waals surface area contributed by atoms with Crippen LogP contribution in [0.25, 0.3) is 16.6 Å². The summed E-state index contributed by atoms with van der Waals surface area (Å²) in [6.45, 7) is 2.81. The SMILES string of the molecule is CSc1ccc(CN(C)c2nc3cc(C)nn3c3ccccc23)cc1. The Kier molecular flexibility index (Phi) is 4.09. The van der Waals surface area contributed by atoms with Crippen LogP contribution in [0.4, 0.5) is 5.82 Å². The molecule has 0 aliphatic carbocycles. The van der Waals surface area contributed by atoms with Crippen molar-refractivity contribution < 1.29 is 0 Å². The van der Waals surface area contributed by atoms with Crippen LogP contribution in [0, 0.1) is 6.92 Å². The zero-order valence-electron chi connectivity index (χ0n) is 14.6. The Morgan fingerprint density at radius 3 is 2.60 bits per heavy atom. The summed E-state index contributed by atoms with van der Waals surface area (Å²) in [7, 11) is 2.09. The third-order valence-corrected chi connectivity index (χ3v) is 5.09. The van der Waals surface area contributed by atoms with Crippen LogP contribution in [0.2, 0.25) is 0 Å². The van der Waals surface area contributed by atoms with Gasteiger partial charge in [0.25, 0.3) is 0 Å². The second-order valence-electron chi connectivity index (χ2n) is 6.21. The van der Waals surface area contributed by atoms with E-state index in [0.29, 0.717) is 0 Å². The maximum atomic E-state index is 4.88. The van der Waals surface area contributed by atoms with E-state index in [-0.39, 0.29) is 0 Å². The van der Waals surface area contributed by atoms with Crippen LogP contribution in [0.5, 0.6) is 0 Å².